The largest absolute Gasteiger partial charge is 0.497 e. The van der Waals surface area contributed by atoms with Gasteiger partial charge in [0.1, 0.15) is 11.5 Å². The monoisotopic (exact) mass is 522 g/mol. The molecule has 0 atom stereocenters. The second-order valence-electron chi connectivity index (χ2n) is 8.52. The maximum absolute atomic E-state index is 13.7. The van der Waals surface area contributed by atoms with E-state index in [-0.39, 0.29) is 24.8 Å². The number of rotatable bonds is 9. The van der Waals surface area contributed by atoms with Crippen molar-refractivity contribution in [3.05, 3.63) is 83.6 Å². The standard InChI is InChI=1S/C27H26N2O7S/c1-18-4-8-22(9-5-18)37(30,31)29(15-19-6-11-24-27(12-19)35-17-34-24)16-20-13-26(36-28-20)23-10-7-21(32-2)14-25(23)33-3/h4-14H,15-17H2,1-3H3. The highest BCUT2D eigenvalue weighted by Gasteiger charge is 2.27. The highest BCUT2D eigenvalue weighted by molar-refractivity contribution is 7.89. The number of aromatic nitrogens is 1. The molecule has 1 aliphatic heterocycles. The van der Waals surface area contributed by atoms with Crippen LogP contribution >= 0.6 is 0 Å². The predicted molar refractivity (Wildman–Crippen MR) is 135 cm³/mol. The quantitative estimate of drug-likeness (QED) is 0.309. The summed E-state index contributed by atoms with van der Waals surface area (Å²) in [5.41, 5.74) is 2.84. The molecule has 0 unspecified atom stereocenters. The van der Waals surface area contributed by atoms with Gasteiger partial charge in [-0.3, -0.25) is 0 Å². The fourth-order valence-corrected chi connectivity index (χ4v) is 5.42. The lowest BCUT2D eigenvalue weighted by Gasteiger charge is -2.21. The van der Waals surface area contributed by atoms with Gasteiger partial charge in [-0.1, -0.05) is 28.9 Å². The average molecular weight is 523 g/mol. The summed E-state index contributed by atoms with van der Waals surface area (Å²) in [5.74, 6) is 2.85. The first-order valence-electron chi connectivity index (χ1n) is 11.5. The second kappa shape index (κ2) is 10.2. The molecule has 37 heavy (non-hydrogen) atoms. The fraction of sp³-hybridized carbons (Fsp3) is 0.222. The van der Waals surface area contributed by atoms with Gasteiger partial charge in [0.2, 0.25) is 16.8 Å². The summed E-state index contributed by atoms with van der Waals surface area (Å²) in [7, 11) is -0.741. The number of sulfonamides is 1. The van der Waals surface area contributed by atoms with Gasteiger partial charge in [0, 0.05) is 18.7 Å². The third-order valence-corrected chi connectivity index (χ3v) is 7.83. The molecule has 1 aliphatic rings. The molecule has 0 N–H and O–H groups in total. The number of aryl methyl sites for hydroxylation is 1. The Bertz CT molecular complexity index is 1510. The highest BCUT2D eigenvalue weighted by Crippen LogP contribution is 2.35. The highest BCUT2D eigenvalue weighted by atomic mass is 32.2. The molecule has 2 heterocycles. The summed E-state index contributed by atoms with van der Waals surface area (Å²) in [4.78, 5) is 0.194. The molecule has 0 aliphatic carbocycles. The van der Waals surface area contributed by atoms with Crippen LogP contribution < -0.4 is 18.9 Å². The van der Waals surface area contributed by atoms with Crippen LogP contribution in [0.4, 0.5) is 0 Å². The summed E-state index contributed by atoms with van der Waals surface area (Å²) in [5, 5.41) is 4.16. The van der Waals surface area contributed by atoms with Gasteiger partial charge in [-0.05, 0) is 48.9 Å². The summed E-state index contributed by atoms with van der Waals surface area (Å²) in [6.45, 7) is 2.14. The molecule has 0 spiro atoms. The first-order chi connectivity index (χ1) is 17.9. The Kier molecular flexibility index (Phi) is 6.77. The zero-order valence-corrected chi connectivity index (χ0v) is 21.4. The number of ether oxygens (including phenoxy) is 4. The molecule has 0 amide bonds. The number of nitrogens with zero attached hydrogens (tertiary/aromatic N) is 2. The SMILES string of the molecule is COc1ccc(-c2cc(CN(Cc3ccc4c(c3)OCO4)S(=O)(=O)c3ccc(C)cc3)no2)c(OC)c1. The van der Waals surface area contributed by atoms with Crippen molar-refractivity contribution in [3.8, 4) is 34.3 Å². The van der Waals surface area contributed by atoms with Crippen molar-refractivity contribution >= 4 is 10.0 Å². The minimum absolute atomic E-state index is 0.00732. The zero-order valence-electron chi connectivity index (χ0n) is 20.6. The molecule has 192 valence electrons. The van der Waals surface area contributed by atoms with Crippen molar-refractivity contribution < 1.29 is 31.9 Å². The zero-order chi connectivity index (χ0) is 26.0. The minimum atomic E-state index is -3.87. The van der Waals surface area contributed by atoms with Gasteiger partial charge in [0.25, 0.3) is 0 Å². The summed E-state index contributed by atoms with van der Waals surface area (Å²) in [6.07, 6.45) is 0. The van der Waals surface area contributed by atoms with Crippen molar-refractivity contribution in [2.24, 2.45) is 0 Å². The van der Waals surface area contributed by atoms with Gasteiger partial charge < -0.3 is 23.5 Å². The number of hydrogen-bond acceptors (Lipinski definition) is 8. The molecule has 0 radical (unpaired) electrons. The molecule has 0 saturated heterocycles. The van der Waals surface area contributed by atoms with E-state index in [0.29, 0.717) is 40.0 Å². The van der Waals surface area contributed by atoms with E-state index >= 15 is 0 Å². The van der Waals surface area contributed by atoms with Gasteiger partial charge in [-0.2, -0.15) is 4.31 Å². The third kappa shape index (κ3) is 5.11. The van der Waals surface area contributed by atoms with Gasteiger partial charge in [-0.15, -0.1) is 0 Å². The van der Waals surface area contributed by atoms with Crippen LogP contribution in [-0.2, 0) is 23.1 Å². The Morgan fingerprint density at radius 2 is 1.68 bits per heavy atom. The summed E-state index contributed by atoms with van der Waals surface area (Å²) in [6, 6.07) is 19.2. The lowest BCUT2D eigenvalue weighted by atomic mass is 10.1. The van der Waals surface area contributed by atoms with Crippen molar-refractivity contribution in [1.29, 1.82) is 0 Å². The van der Waals surface area contributed by atoms with Crippen LogP contribution in [0.3, 0.4) is 0 Å². The van der Waals surface area contributed by atoms with Crippen LogP contribution in [0, 0.1) is 6.92 Å². The van der Waals surface area contributed by atoms with Gasteiger partial charge in [0.05, 0.1) is 36.9 Å². The van der Waals surface area contributed by atoms with E-state index in [4.69, 9.17) is 23.5 Å². The molecule has 3 aromatic carbocycles. The Labute approximate surface area is 215 Å². The van der Waals surface area contributed by atoms with Crippen molar-refractivity contribution in [3.63, 3.8) is 0 Å². The van der Waals surface area contributed by atoms with Crippen LogP contribution in [0.5, 0.6) is 23.0 Å². The minimum Gasteiger partial charge on any atom is -0.497 e. The molecule has 5 rings (SSSR count). The van der Waals surface area contributed by atoms with Gasteiger partial charge >= 0.3 is 0 Å². The summed E-state index contributed by atoms with van der Waals surface area (Å²) < 4.78 is 56.0. The molecular weight excluding hydrogens is 496 g/mol. The number of hydrogen-bond donors (Lipinski definition) is 0. The lowest BCUT2D eigenvalue weighted by molar-refractivity contribution is 0.174. The van der Waals surface area contributed by atoms with Crippen LogP contribution in [0.2, 0.25) is 0 Å². The van der Waals surface area contributed by atoms with Crippen molar-refractivity contribution in [1.82, 2.24) is 9.46 Å². The maximum atomic E-state index is 13.7. The van der Waals surface area contributed by atoms with Crippen molar-refractivity contribution in [2.75, 3.05) is 21.0 Å². The van der Waals surface area contributed by atoms with E-state index in [9.17, 15) is 8.42 Å². The Morgan fingerprint density at radius 3 is 2.43 bits per heavy atom. The van der Waals surface area contributed by atoms with E-state index < -0.39 is 10.0 Å². The maximum Gasteiger partial charge on any atom is 0.243 e. The fourth-order valence-electron chi connectivity index (χ4n) is 4.02. The second-order valence-corrected chi connectivity index (χ2v) is 10.5. The Morgan fingerprint density at radius 1 is 0.892 bits per heavy atom. The van der Waals surface area contributed by atoms with Crippen LogP contribution in [0.15, 0.2) is 76.1 Å². The molecule has 0 fully saturated rings. The molecule has 1 aromatic heterocycles. The van der Waals surface area contributed by atoms with Crippen LogP contribution in [-0.4, -0.2) is 38.9 Å². The third-order valence-electron chi connectivity index (χ3n) is 6.03. The van der Waals surface area contributed by atoms with Crippen LogP contribution in [0.25, 0.3) is 11.3 Å². The Balaban J connectivity index is 1.47. The molecule has 0 bridgehead atoms. The average Bonchev–Trinajstić information content (AvgIpc) is 3.57. The van der Waals surface area contributed by atoms with E-state index in [0.717, 1.165) is 11.1 Å². The first kappa shape index (κ1) is 24.7. The number of fused-ring (bicyclic) bond motifs is 1. The van der Waals surface area contributed by atoms with E-state index in [1.807, 2.05) is 13.0 Å². The van der Waals surface area contributed by atoms with Crippen LogP contribution in [0.1, 0.15) is 16.8 Å². The lowest BCUT2D eigenvalue weighted by Crippen LogP contribution is -2.30. The first-order valence-corrected chi connectivity index (χ1v) is 12.9. The van der Waals surface area contributed by atoms with Crippen molar-refractivity contribution in [2.45, 2.75) is 24.9 Å². The van der Waals surface area contributed by atoms with E-state index in [2.05, 4.69) is 5.16 Å². The number of benzene rings is 3. The van der Waals surface area contributed by atoms with Gasteiger partial charge in [-0.25, -0.2) is 8.42 Å². The molecule has 0 saturated carbocycles. The molecular formula is C27H26N2O7S. The van der Waals surface area contributed by atoms with E-state index in [1.54, 1.807) is 74.9 Å². The molecule has 10 heteroatoms. The Hall–Kier alpha value is -4.02. The predicted octanol–water partition coefficient (Wildman–Crippen LogP) is 4.79. The topological polar surface area (TPSA) is 100 Å². The van der Waals surface area contributed by atoms with E-state index in [1.165, 1.54) is 4.31 Å². The molecule has 4 aromatic rings. The smallest absolute Gasteiger partial charge is 0.243 e. The van der Waals surface area contributed by atoms with Gasteiger partial charge in [0.15, 0.2) is 17.3 Å². The normalized spacial score (nSPS) is 12.6. The number of methoxy groups -OCH3 is 2. The molecule has 9 nitrogen and oxygen atoms in total. The summed E-state index contributed by atoms with van der Waals surface area (Å²) >= 11 is 0.